The summed E-state index contributed by atoms with van der Waals surface area (Å²) in [6, 6.07) is 14.9. The minimum absolute atomic E-state index is 0.270. The van der Waals surface area contributed by atoms with Gasteiger partial charge in [0.15, 0.2) is 0 Å². The molecule has 0 heterocycles. The van der Waals surface area contributed by atoms with E-state index in [-0.39, 0.29) is 5.41 Å². The lowest BCUT2D eigenvalue weighted by atomic mass is 9.78. The van der Waals surface area contributed by atoms with E-state index >= 15 is 0 Å². The van der Waals surface area contributed by atoms with Crippen LogP contribution < -0.4 is 9.47 Å². The van der Waals surface area contributed by atoms with Crippen LogP contribution >= 0.6 is 0 Å². The lowest BCUT2D eigenvalue weighted by molar-refractivity contribution is 0.171. The predicted molar refractivity (Wildman–Crippen MR) is 104 cm³/mol. The van der Waals surface area contributed by atoms with Gasteiger partial charge >= 0.3 is 12.2 Å². The molecule has 6 heteroatoms. The molecular formula is C21H26N2O4. The van der Waals surface area contributed by atoms with E-state index in [0.29, 0.717) is 11.5 Å². The van der Waals surface area contributed by atoms with Crippen LogP contribution in [0.15, 0.2) is 48.5 Å². The molecule has 2 aromatic carbocycles. The van der Waals surface area contributed by atoms with Crippen molar-refractivity contribution < 1.29 is 19.1 Å². The molecule has 2 rings (SSSR count). The zero-order valence-corrected chi connectivity index (χ0v) is 16.6. The van der Waals surface area contributed by atoms with Crippen molar-refractivity contribution in [3.63, 3.8) is 0 Å². The van der Waals surface area contributed by atoms with Gasteiger partial charge in [0.05, 0.1) is 0 Å². The van der Waals surface area contributed by atoms with Crippen LogP contribution in [-0.2, 0) is 5.41 Å². The molecule has 27 heavy (non-hydrogen) atoms. The second-order valence-electron chi connectivity index (χ2n) is 7.20. The van der Waals surface area contributed by atoms with Gasteiger partial charge in [-0.1, -0.05) is 38.1 Å². The Balaban J connectivity index is 2.15. The van der Waals surface area contributed by atoms with Gasteiger partial charge < -0.3 is 19.3 Å². The van der Waals surface area contributed by atoms with E-state index < -0.39 is 12.2 Å². The summed E-state index contributed by atoms with van der Waals surface area (Å²) in [7, 11) is 6.55. The molecule has 0 atom stereocenters. The van der Waals surface area contributed by atoms with E-state index in [0.717, 1.165) is 11.1 Å². The Morgan fingerprint density at radius 1 is 0.667 bits per heavy atom. The van der Waals surface area contributed by atoms with Crippen LogP contribution in [0.1, 0.15) is 25.0 Å². The maximum atomic E-state index is 11.6. The fourth-order valence-electron chi connectivity index (χ4n) is 2.43. The zero-order chi connectivity index (χ0) is 20.2. The molecule has 0 bridgehead atoms. The maximum absolute atomic E-state index is 11.6. The molecule has 2 aromatic rings. The number of benzene rings is 2. The second-order valence-corrected chi connectivity index (χ2v) is 7.20. The monoisotopic (exact) mass is 370 g/mol. The van der Waals surface area contributed by atoms with Crippen LogP contribution in [0.4, 0.5) is 9.59 Å². The Morgan fingerprint density at radius 3 is 1.22 bits per heavy atom. The molecule has 0 aromatic heterocycles. The fraction of sp³-hybridized carbons (Fsp3) is 0.333. The van der Waals surface area contributed by atoms with Gasteiger partial charge in [-0.3, -0.25) is 0 Å². The summed E-state index contributed by atoms with van der Waals surface area (Å²) in [5, 5.41) is 0. The third kappa shape index (κ3) is 5.00. The Hall–Kier alpha value is -3.02. The number of nitrogens with zero attached hydrogens (tertiary/aromatic N) is 2. The van der Waals surface area contributed by atoms with Gasteiger partial charge in [0.25, 0.3) is 0 Å². The zero-order valence-electron chi connectivity index (χ0n) is 16.6. The minimum atomic E-state index is -0.412. The van der Waals surface area contributed by atoms with Gasteiger partial charge in [-0.2, -0.15) is 0 Å². The van der Waals surface area contributed by atoms with Gasteiger partial charge in [0, 0.05) is 33.6 Å². The number of hydrogen-bond donors (Lipinski definition) is 0. The molecule has 0 fully saturated rings. The summed E-state index contributed by atoms with van der Waals surface area (Å²) < 4.78 is 10.5. The molecule has 0 spiro atoms. The summed E-state index contributed by atoms with van der Waals surface area (Å²) in [5.74, 6) is 0.999. The molecule has 2 amide bonds. The standard InChI is InChI=1S/C21H26N2O4/c1-21(2,15-7-11-17(12-8-15)26-19(24)22(3)4)16-9-13-18(14-10-16)27-20(25)23(5)6/h7-14H,1-6H3. The van der Waals surface area contributed by atoms with Crippen molar-refractivity contribution in [2.45, 2.75) is 19.3 Å². The first kappa shape index (κ1) is 20.3. The Bertz CT molecular complexity index is 726. The fourth-order valence-corrected chi connectivity index (χ4v) is 2.43. The first-order chi connectivity index (χ1) is 12.6. The topological polar surface area (TPSA) is 59.1 Å². The van der Waals surface area contributed by atoms with Crippen molar-refractivity contribution >= 4 is 12.2 Å². The van der Waals surface area contributed by atoms with Gasteiger partial charge in [-0.15, -0.1) is 0 Å². The largest absolute Gasteiger partial charge is 0.414 e. The average Bonchev–Trinajstić information content (AvgIpc) is 2.62. The van der Waals surface area contributed by atoms with Crippen molar-refractivity contribution in [2.24, 2.45) is 0 Å². The summed E-state index contributed by atoms with van der Waals surface area (Å²) in [5.41, 5.74) is 1.88. The van der Waals surface area contributed by atoms with Crippen molar-refractivity contribution in [1.82, 2.24) is 9.80 Å². The first-order valence-corrected chi connectivity index (χ1v) is 8.60. The highest BCUT2D eigenvalue weighted by atomic mass is 16.6. The molecule has 0 saturated heterocycles. The van der Waals surface area contributed by atoms with Gasteiger partial charge in [0.1, 0.15) is 11.5 Å². The van der Waals surface area contributed by atoms with E-state index in [9.17, 15) is 9.59 Å². The lowest BCUT2D eigenvalue weighted by Crippen LogP contribution is -2.25. The van der Waals surface area contributed by atoms with E-state index in [1.54, 1.807) is 52.5 Å². The normalized spacial score (nSPS) is 10.9. The van der Waals surface area contributed by atoms with Crippen molar-refractivity contribution in [2.75, 3.05) is 28.2 Å². The van der Waals surface area contributed by atoms with Gasteiger partial charge in [-0.05, 0) is 35.4 Å². The summed E-state index contributed by atoms with van der Waals surface area (Å²) >= 11 is 0. The first-order valence-electron chi connectivity index (χ1n) is 8.60. The molecule has 6 nitrogen and oxygen atoms in total. The third-order valence-corrected chi connectivity index (χ3v) is 4.29. The second kappa shape index (κ2) is 8.12. The van der Waals surface area contributed by atoms with Gasteiger partial charge in [-0.25, -0.2) is 9.59 Å². The number of hydrogen-bond acceptors (Lipinski definition) is 4. The van der Waals surface area contributed by atoms with E-state index in [1.807, 2.05) is 24.3 Å². The van der Waals surface area contributed by atoms with Crippen LogP contribution in [-0.4, -0.2) is 50.2 Å². The Kier molecular flexibility index (Phi) is 6.10. The van der Waals surface area contributed by atoms with Crippen molar-refractivity contribution in [3.05, 3.63) is 59.7 Å². The minimum Gasteiger partial charge on any atom is -0.410 e. The van der Waals surface area contributed by atoms with Crippen LogP contribution in [0.5, 0.6) is 11.5 Å². The third-order valence-electron chi connectivity index (χ3n) is 4.29. The average molecular weight is 370 g/mol. The molecule has 0 saturated carbocycles. The van der Waals surface area contributed by atoms with E-state index in [4.69, 9.17) is 9.47 Å². The van der Waals surface area contributed by atoms with Crippen molar-refractivity contribution in [3.8, 4) is 11.5 Å². The Labute approximate surface area is 160 Å². The Morgan fingerprint density at radius 2 is 0.963 bits per heavy atom. The van der Waals surface area contributed by atoms with Crippen LogP contribution in [0.3, 0.4) is 0 Å². The molecular weight excluding hydrogens is 344 g/mol. The molecule has 0 unspecified atom stereocenters. The number of amides is 2. The molecule has 0 aliphatic heterocycles. The molecule has 0 radical (unpaired) electrons. The lowest BCUT2D eigenvalue weighted by Gasteiger charge is -2.26. The summed E-state index contributed by atoms with van der Waals surface area (Å²) in [6.07, 6.45) is -0.824. The smallest absolute Gasteiger partial charge is 0.410 e. The number of ether oxygens (including phenoxy) is 2. The highest BCUT2D eigenvalue weighted by Crippen LogP contribution is 2.33. The maximum Gasteiger partial charge on any atom is 0.414 e. The quantitative estimate of drug-likeness (QED) is 0.812. The van der Waals surface area contributed by atoms with Crippen LogP contribution in [0, 0.1) is 0 Å². The van der Waals surface area contributed by atoms with E-state index in [1.165, 1.54) is 9.80 Å². The van der Waals surface area contributed by atoms with Crippen LogP contribution in [0.25, 0.3) is 0 Å². The van der Waals surface area contributed by atoms with Crippen molar-refractivity contribution in [1.29, 1.82) is 0 Å². The summed E-state index contributed by atoms with van der Waals surface area (Å²) in [6.45, 7) is 4.21. The highest BCUT2D eigenvalue weighted by molar-refractivity contribution is 5.70. The molecule has 0 aliphatic carbocycles. The van der Waals surface area contributed by atoms with Crippen LogP contribution in [0.2, 0.25) is 0 Å². The molecule has 0 aliphatic rings. The predicted octanol–water partition coefficient (Wildman–Crippen LogP) is 4.13. The SMILES string of the molecule is CN(C)C(=O)Oc1ccc(C(C)(C)c2ccc(OC(=O)N(C)C)cc2)cc1. The number of rotatable bonds is 4. The summed E-state index contributed by atoms with van der Waals surface area (Å²) in [4.78, 5) is 26.0. The van der Waals surface area contributed by atoms with E-state index in [2.05, 4.69) is 13.8 Å². The highest BCUT2D eigenvalue weighted by Gasteiger charge is 2.23. The molecule has 144 valence electrons. The van der Waals surface area contributed by atoms with Gasteiger partial charge in [0.2, 0.25) is 0 Å². The number of carbonyl (C=O) groups excluding carboxylic acids is 2. The molecule has 0 N–H and O–H groups in total. The number of carbonyl (C=O) groups is 2.